The molecule has 1 aromatic rings. The number of nitrogens with zero attached hydrogens (tertiary/aromatic N) is 1. The molecule has 0 aromatic heterocycles. The van der Waals surface area contributed by atoms with Crippen LogP contribution in [0.1, 0.15) is 32.1 Å². The molecular formula is C17H26N2O. The summed E-state index contributed by atoms with van der Waals surface area (Å²) in [7, 11) is 0. The average molecular weight is 274 g/mol. The van der Waals surface area contributed by atoms with Gasteiger partial charge in [-0.2, -0.15) is 0 Å². The molecule has 2 aliphatic rings. The van der Waals surface area contributed by atoms with E-state index in [1.54, 1.807) is 0 Å². The number of nitrogens with one attached hydrogen (secondary N) is 1. The number of para-hydroxylation sites is 1. The van der Waals surface area contributed by atoms with Crippen molar-refractivity contribution < 1.29 is 4.74 Å². The van der Waals surface area contributed by atoms with Gasteiger partial charge in [-0.05, 0) is 50.9 Å². The second-order valence-corrected chi connectivity index (χ2v) is 5.96. The summed E-state index contributed by atoms with van der Waals surface area (Å²) in [5.41, 5.74) is 0. The Balaban J connectivity index is 1.32. The highest BCUT2D eigenvalue weighted by atomic mass is 16.5. The van der Waals surface area contributed by atoms with Gasteiger partial charge in [0.2, 0.25) is 0 Å². The molecule has 2 atom stereocenters. The summed E-state index contributed by atoms with van der Waals surface area (Å²) in [5.74, 6) is 0.979. The Morgan fingerprint density at radius 3 is 2.90 bits per heavy atom. The SMILES string of the molecule is c1ccc(OCCCNC2CCN3CCCCC23)cc1. The Morgan fingerprint density at radius 1 is 1.10 bits per heavy atom. The maximum Gasteiger partial charge on any atom is 0.119 e. The Labute approximate surface area is 122 Å². The van der Waals surface area contributed by atoms with E-state index >= 15 is 0 Å². The van der Waals surface area contributed by atoms with Crippen LogP contribution >= 0.6 is 0 Å². The van der Waals surface area contributed by atoms with Gasteiger partial charge in [0.25, 0.3) is 0 Å². The highest BCUT2D eigenvalue weighted by molar-refractivity contribution is 5.20. The van der Waals surface area contributed by atoms with Crippen LogP contribution in [0.25, 0.3) is 0 Å². The van der Waals surface area contributed by atoms with Gasteiger partial charge in [0.1, 0.15) is 5.75 Å². The van der Waals surface area contributed by atoms with E-state index in [1.807, 2.05) is 30.3 Å². The van der Waals surface area contributed by atoms with Gasteiger partial charge in [-0.25, -0.2) is 0 Å². The molecule has 0 spiro atoms. The van der Waals surface area contributed by atoms with Crippen molar-refractivity contribution in [1.82, 2.24) is 10.2 Å². The number of hydrogen-bond acceptors (Lipinski definition) is 3. The van der Waals surface area contributed by atoms with Crippen LogP contribution in [0.5, 0.6) is 5.75 Å². The third-order valence-electron chi connectivity index (χ3n) is 4.60. The number of fused-ring (bicyclic) bond motifs is 1. The third-order valence-corrected chi connectivity index (χ3v) is 4.60. The lowest BCUT2D eigenvalue weighted by Crippen LogP contribution is -2.45. The highest BCUT2D eigenvalue weighted by Crippen LogP contribution is 2.26. The Bertz CT molecular complexity index is 395. The van der Waals surface area contributed by atoms with Crippen molar-refractivity contribution >= 4 is 0 Å². The normalized spacial score (nSPS) is 26.4. The first-order chi connectivity index (χ1) is 9.93. The van der Waals surface area contributed by atoms with Crippen molar-refractivity contribution in [2.75, 3.05) is 26.2 Å². The first-order valence-corrected chi connectivity index (χ1v) is 8.09. The van der Waals surface area contributed by atoms with Crippen LogP contribution in [0, 0.1) is 0 Å². The van der Waals surface area contributed by atoms with E-state index < -0.39 is 0 Å². The summed E-state index contributed by atoms with van der Waals surface area (Å²) in [5, 5.41) is 3.75. The maximum absolute atomic E-state index is 5.73. The first-order valence-electron chi connectivity index (χ1n) is 8.09. The van der Waals surface area contributed by atoms with Crippen LogP contribution in [0.15, 0.2) is 30.3 Å². The molecule has 3 nitrogen and oxygen atoms in total. The van der Waals surface area contributed by atoms with Gasteiger partial charge < -0.3 is 10.1 Å². The van der Waals surface area contributed by atoms with Crippen LogP contribution < -0.4 is 10.1 Å². The van der Waals surface area contributed by atoms with E-state index in [-0.39, 0.29) is 0 Å². The monoisotopic (exact) mass is 274 g/mol. The number of ether oxygens (including phenoxy) is 1. The molecule has 0 radical (unpaired) electrons. The fourth-order valence-electron chi connectivity index (χ4n) is 3.55. The fourth-order valence-corrected chi connectivity index (χ4v) is 3.55. The van der Waals surface area contributed by atoms with Crippen LogP contribution in [0.3, 0.4) is 0 Å². The molecular weight excluding hydrogens is 248 g/mol. The second-order valence-electron chi connectivity index (χ2n) is 5.96. The van der Waals surface area contributed by atoms with E-state index in [1.165, 1.54) is 38.8 Å². The molecule has 2 aliphatic heterocycles. The van der Waals surface area contributed by atoms with Gasteiger partial charge in [-0.3, -0.25) is 4.90 Å². The Hall–Kier alpha value is -1.06. The van der Waals surface area contributed by atoms with E-state index in [4.69, 9.17) is 4.74 Å². The highest BCUT2D eigenvalue weighted by Gasteiger charge is 2.34. The van der Waals surface area contributed by atoms with E-state index in [0.717, 1.165) is 31.4 Å². The average Bonchev–Trinajstić information content (AvgIpc) is 2.91. The maximum atomic E-state index is 5.73. The van der Waals surface area contributed by atoms with Crippen molar-refractivity contribution in [3.05, 3.63) is 30.3 Å². The van der Waals surface area contributed by atoms with Gasteiger partial charge in [-0.15, -0.1) is 0 Å². The Morgan fingerprint density at radius 2 is 2.00 bits per heavy atom. The molecule has 3 rings (SSSR count). The molecule has 1 N–H and O–H groups in total. The molecule has 0 bridgehead atoms. The smallest absolute Gasteiger partial charge is 0.119 e. The fraction of sp³-hybridized carbons (Fsp3) is 0.647. The zero-order valence-electron chi connectivity index (χ0n) is 12.3. The van der Waals surface area contributed by atoms with Crippen molar-refractivity contribution in [1.29, 1.82) is 0 Å². The standard InChI is InChI=1S/C17H26N2O/c1-2-7-15(8-3-1)20-14-6-11-18-16-10-13-19-12-5-4-9-17(16)19/h1-3,7-8,16-18H,4-6,9-14H2. The topological polar surface area (TPSA) is 24.5 Å². The zero-order valence-corrected chi connectivity index (χ0v) is 12.3. The summed E-state index contributed by atoms with van der Waals surface area (Å²) < 4.78 is 5.73. The van der Waals surface area contributed by atoms with Gasteiger partial charge >= 0.3 is 0 Å². The van der Waals surface area contributed by atoms with Crippen LogP contribution in [-0.2, 0) is 0 Å². The number of benzene rings is 1. The van der Waals surface area contributed by atoms with Crippen molar-refractivity contribution in [2.24, 2.45) is 0 Å². The summed E-state index contributed by atoms with van der Waals surface area (Å²) in [6.07, 6.45) is 6.60. The number of rotatable bonds is 6. The van der Waals surface area contributed by atoms with Crippen LogP contribution in [-0.4, -0.2) is 43.2 Å². The quantitative estimate of drug-likeness (QED) is 0.807. The summed E-state index contributed by atoms with van der Waals surface area (Å²) >= 11 is 0. The molecule has 20 heavy (non-hydrogen) atoms. The molecule has 2 fully saturated rings. The molecule has 110 valence electrons. The van der Waals surface area contributed by atoms with Gasteiger partial charge in [0, 0.05) is 18.6 Å². The lowest BCUT2D eigenvalue weighted by atomic mass is 9.99. The van der Waals surface area contributed by atoms with E-state index in [9.17, 15) is 0 Å². The lowest BCUT2D eigenvalue weighted by Gasteiger charge is -2.32. The molecule has 2 heterocycles. The van der Waals surface area contributed by atoms with Crippen LogP contribution in [0.4, 0.5) is 0 Å². The van der Waals surface area contributed by atoms with E-state index in [0.29, 0.717) is 6.04 Å². The molecule has 1 aromatic carbocycles. The zero-order chi connectivity index (χ0) is 13.6. The molecule has 0 amide bonds. The molecule has 2 unspecified atom stereocenters. The summed E-state index contributed by atoms with van der Waals surface area (Å²) in [4.78, 5) is 2.68. The predicted molar refractivity (Wildman–Crippen MR) is 82.2 cm³/mol. The first kappa shape index (κ1) is 13.9. The number of piperidine rings is 1. The molecule has 0 saturated carbocycles. The van der Waals surface area contributed by atoms with Crippen LogP contribution in [0.2, 0.25) is 0 Å². The largest absolute Gasteiger partial charge is 0.494 e. The third kappa shape index (κ3) is 3.53. The minimum atomic E-state index is 0.715. The van der Waals surface area contributed by atoms with Gasteiger partial charge in [-0.1, -0.05) is 24.6 Å². The lowest BCUT2D eigenvalue weighted by molar-refractivity contribution is 0.179. The molecule has 2 saturated heterocycles. The number of hydrogen-bond donors (Lipinski definition) is 1. The van der Waals surface area contributed by atoms with Gasteiger partial charge in [0.15, 0.2) is 0 Å². The minimum Gasteiger partial charge on any atom is -0.494 e. The summed E-state index contributed by atoms with van der Waals surface area (Å²) in [6, 6.07) is 11.6. The predicted octanol–water partition coefficient (Wildman–Crippen LogP) is 2.67. The summed E-state index contributed by atoms with van der Waals surface area (Å²) in [6.45, 7) is 4.49. The van der Waals surface area contributed by atoms with Crippen molar-refractivity contribution in [3.63, 3.8) is 0 Å². The van der Waals surface area contributed by atoms with Crippen molar-refractivity contribution in [3.8, 4) is 5.75 Å². The molecule has 0 aliphatic carbocycles. The molecule has 3 heteroatoms. The van der Waals surface area contributed by atoms with Gasteiger partial charge in [0.05, 0.1) is 6.61 Å². The second kappa shape index (κ2) is 7.09. The van der Waals surface area contributed by atoms with E-state index in [2.05, 4.69) is 10.2 Å². The Kier molecular flexibility index (Phi) is 4.93. The minimum absolute atomic E-state index is 0.715. The van der Waals surface area contributed by atoms with Crippen molar-refractivity contribution in [2.45, 2.75) is 44.2 Å².